The van der Waals surface area contributed by atoms with Crippen molar-refractivity contribution >= 4 is 55.3 Å². The highest BCUT2D eigenvalue weighted by molar-refractivity contribution is 7.46. The molecule has 1 aliphatic rings. The number of likely N-dealkylation sites (N-methyl/N-ethyl adjacent to an activating group) is 1. The third-order valence-electron chi connectivity index (χ3n) is 9.77. The molecule has 1 unspecified atom stereocenters. The highest BCUT2D eigenvalue weighted by atomic mass is 31.2. The maximum atomic E-state index is 14.1. The second kappa shape index (κ2) is 24.4. The summed E-state index contributed by atoms with van der Waals surface area (Å²) in [5.74, 6) is -11.3. The normalized spacial score (nSPS) is 29.1. The number of phosphoric acid groups is 1. The largest absolute Gasteiger partial charge is 0.469 e. The monoisotopic (exact) mass is 877 g/mol. The van der Waals surface area contributed by atoms with Crippen LogP contribution >= 0.6 is 7.82 Å². The average Bonchev–Trinajstić information content (AvgIpc) is 3.15. The highest BCUT2D eigenvalue weighted by Crippen LogP contribution is 2.36. The molecule has 60 heavy (non-hydrogen) atoms. The number of hydrogen-bond donors (Lipinski definition) is 10. The lowest BCUT2D eigenvalue weighted by Gasteiger charge is -2.36. The van der Waals surface area contributed by atoms with Gasteiger partial charge in [-0.05, 0) is 25.2 Å². The molecule has 0 aromatic heterocycles. The molecule has 0 bridgehead atoms. The second-order valence-electron chi connectivity index (χ2n) is 14.8. The summed E-state index contributed by atoms with van der Waals surface area (Å²) in [6.07, 6.45) is -1.08. The van der Waals surface area contributed by atoms with Crippen LogP contribution < -0.4 is 32.7 Å². The van der Waals surface area contributed by atoms with Crippen molar-refractivity contribution in [1.29, 1.82) is 0 Å². The fourth-order valence-electron chi connectivity index (χ4n) is 5.99. The van der Waals surface area contributed by atoms with Gasteiger partial charge in [0.15, 0.2) is 0 Å². The molecule has 23 nitrogen and oxygen atoms in total. The van der Waals surface area contributed by atoms with Gasteiger partial charge in [-0.1, -0.05) is 66.2 Å². The van der Waals surface area contributed by atoms with Gasteiger partial charge in [-0.2, -0.15) is 0 Å². The standard InChI is InChI=1S/C36H60N7O16P/c1-9-18(4)29-19(5)23(44)13-11-10-12-14-25(46)39-15-24(45)31(48)42-27(21(7)58-36(38)53)33(50)41-26(20(6)30(37)47)32(49)40-22(16-57-60(54,55)56)34(51)43(8)28(17(2)3)35(52)59-29/h10-12,14,17-24,26-29,44-45H,9,13,15-16H2,1-8H3,(H2,37,47)(H2,38,53)(H,39,46)(H,40,49)(H,41,50)(H,42,48)(H2,54,55,56)/b11-10+,14-12+/t18-,19-,20+,21?,22+,23+,24-,26+,27-,28+,29+/m1/s1. The van der Waals surface area contributed by atoms with Crippen LogP contribution in [0.2, 0.25) is 0 Å². The maximum absolute atomic E-state index is 14.1. The summed E-state index contributed by atoms with van der Waals surface area (Å²) < 4.78 is 27.1. The number of rotatable bonds is 10. The van der Waals surface area contributed by atoms with Crippen LogP contribution in [0.3, 0.4) is 0 Å². The van der Waals surface area contributed by atoms with Gasteiger partial charge in [-0.15, -0.1) is 0 Å². The number of hydrogen-bond acceptors (Lipinski definition) is 14. The second-order valence-corrected chi connectivity index (χ2v) is 16.0. The van der Waals surface area contributed by atoms with E-state index in [1.54, 1.807) is 33.8 Å². The number of nitrogens with two attached hydrogens (primary N) is 2. The lowest BCUT2D eigenvalue weighted by atomic mass is 9.86. The maximum Gasteiger partial charge on any atom is 0.469 e. The van der Waals surface area contributed by atoms with E-state index in [0.717, 1.165) is 31.9 Å². The molecule has 340 valence electrons. The molecule has 12 N–H and O–H groups in total. The van der Waals surface area contributed by atoms with Gasteiger partial charge in [-0.25, -0.2) is 14.2 Å². The summed E-state index contributed by atoms with van der Waals surface area (Å²) in [5, 5.41) is 30.3. The molecule has 1 heterocycles. The number of cyclic esters (lactones) is 1. The SMILES string of the molecule is CC[C@@H](C)[C@@H]1OC(=O)[C@H](C(C)C)N(C)C(=O)[C@H](COP(=O)(O)O)NC(=O)[C@H]([C@H](C)C(N)=O)NC(=O)[C@@H](C(C)OC(N)=O)NC(=O)[C@H](O)CNC(=O)/C=C/C=C/C[C@H](O)[C@H]1C. The number of nitrogens with zero attached hydrogens (tertiary/aromatic N) is 1. The first-order valence-electron chi connectivity index (χ1n) is 19.0. The van der Waals surface area contributed by atoms with Crippen molar-refractivity contribution in [3.05, 3.63) is 24.3 Å². The molecule has 0 saturated carbocycles. The van der Waals surface area contributed by atoms with Gasteiger partial charge in [0.25, 0.3) is 5.91 Å². The number of carbonyl (C=O) groups is 8. The average molecular weight is 878 g/mol. The molecule has 0 aliphatic carbocycles. The van der Waals surface area contributed by atoms with Crippen LogP contribution in [0.25, 0.3) is 0 Å². The third-order valence-corrected chi connectivity index (χ3v) is 10.3. The molecule has 0 radical (unpaired) electrons. The van der Waals surface area contributed by atoms with Crippen molar-refractivity contribution < 1.29 is 76.9 Å². The number of allylic oxidation sites excluding steroid dienone is 2. The molecule has 24 heteroatoms. The van der Waals surface area contributed by atoms with Gasteiger partial charge in [-0.3, -0.25) is 33.3 Å². The number of esters is 1. The number of ether oxygens (including phenoxy) is 2. The van der Waals surface area contributed by atoms with Crippen LogP contribution in [-0.4, -0.2) is 141 Å². The minimum Gasteiger partial charge on any atom is -0.460 e. The summed E-state index contributed by atoms with van der Waals surface area (Å²) in [6.45, 7) is 8.71. The molecule has 1 rings (SSSR count). The molecule has 0 spiro atoms. The van der Waals surface area contributed by atoms with E-state index < -0.39 is 135 Å². The Labute approximate surface area is 347 Å². The molecule has 1 aliphatic heterocycles. The zero-order valence-corrected chi connectivity index (χ0v) is 35.7. The van der Waals surface area contributed by atoms with E-state index in [9.17, 15) is 62.9 Å². The van der Waals surface area contributed by atoms with E-state index >= 15 is 0 Å². The molecule has 0 aromatic rings. The zero-order chi connectivity index (χ0) is 46.2. The number of carbonyl (C=O) groups excluding carboxylic acids is 8. The van der Waals surface area contributed by atoms with E-state index in [4.69, 9.17) is 20.9 Å². The van der Waals surface area contributed by atoms with Crippen molar-refractivity contribution in [2.75, 3.05) is 20.2 Å². The Hall–Kier alpha value is -4.93. The first-order valence-corrected chi connectivity index (χ1v) is 20.6. The minimum atomic E-state index is -5.33. The van der Waals surface area contributed by atoms with Crippen molar-refractivity contribution in [2.45, 2.75) is 110 Å². The number of primary amides is 2. The predicted octanol–water partition coefficient (Wildman–Crippen LogP) is -2.41. The number of β-amino-alcohol motifs (C(OH)–C–C–N with tert-alkyl or cyclic N) is 1. The van der Waals surface area contributed by atoms with Crippen molar-refractivity contribution in [2.24, 2.45) is 35.1 Å². The van der Waals surface area contributed by atoms with Crippen LogP contribution in [0.4, 0.5) is 4.79 Å². The van der Waals surface area contributed by atoms with E-state index in [1.807, 2.05) is 6.92 Å². The fraction of sp³-hybridized carbons (Fsp3) is 0.667. The Balaban J connectivity index is 3.92. The molecule has 0 fully saturated rings. The first-order chi connectivity index (χ1) is 27.7. The lowest BCUT2D eigenvalue weighted by molar-refractivity contribution is -0.168. The van der Waals surface area contributed by atoms with Crippen LogP contribution in [0.5, 0.6) is 0 Å². The Morgan fingerprint density at radius 2 is 1.53 bits per heavy atom. The van der Waals surface area contributed by atoms with Crippen molar-refractivity contribution in [3.8, 4) is 0 Å². The minimum absolute atomic E-state index is 0.0471. The number of amides is 7. The van der Waals surface area contributed by atoms with E-state index in [1.165, 1.54) is 12.2 Å². The summed E-state index contributed by atoms with van der Waals surface area (Å²) in [5.41, 5.74) is 10.6. The van der Waals surface area contributed by atoms with Crippen LogP contribution in [-0.2, 0) is 52.1 Å². The topological polar surface area (TPSA) is 366 Å². The highest BCUT2D eigenvalue weighted by Gasteiger charge is 2.42. The van der Waals surface area contributed by atoms with Gasteiger partial charge in [0.1, 0.15) is 42.5 Å². The Bertz CT molecular complexity index is 1650. The number of aliphatic hydroxyl groups is 2. The lowest BCUT2D eigenvalue weighted by Crippen LogP contribution is -2.63. The van der Waals surface area contributed by atoms with Gasteiger partial charge in [0, 0.05) is 19.0 Å². The van der Waals surface area contributed by atoms with Crippen LogP contribution in [0, 0.1) is 23.7 Å². The third kappa shape index (κ3) is 17.0. The van der Waals surface area contributed by atoms with E-state index in [2.05, 4.69) is 25.8 Å². The molecule has 0 aromatic carbocycles. The first kappa shape index (κ1) is 53.1. The van der Waals surface area contributed by atoms with Gasteiger partial charge in [0.05, 0.1) is 25.2 Å². The number of aliphatic hydroxyl groups excluding tert-OH is 2. The van der Waals surface area contributed by atoms with Crippen LogP contribution in [0.15, 0.2) is 24.3 Å². The summed E-state index contributed by atoms with van der Waals surface area (Å²) >= 11 is 0. The smallest absolute Gasteiger partial charge is 0.460 e. The Morgan fingerprint density at radius 1 is 0.950 bits per heavy atom. The summed E-state index contributed by atoms with van der Waals surface area (Å²) in [6, 6.07) is -7.40. The van der Waals surface area contributed by atoms with Crippen molar-refractivity contribution in [1.82, 2.24) is 26.2 Å². The number of nitrogens with one attached hydrogen (secondary N) is 4. The molecule has 7 amide bonds. The number of phosphoric ester groups is 1. The predicted molar refractivity (Wildman–Crippen MR) is 210 cm³/mol. The summed E-state index contributed by atoms with van der Waals surface area (Å²) in [7, 11) is -4.17. The van der Waals surface area contributed by atoms with Crippen LogP contribution in [0.1, 0.15) is 61.3 Å². The van der Waals surface area contributed by atoms with Gasteiger partial charge in [0.2, 0.25) is 29.5 Å². The Morgan fingerprint density at radius 3 is 2.07 bits per heavy atom. The Kier molecular flexibility index (Phi) is 21.6. The van der Waals surface area contributed by atoms with Crippen molar-refractivity contribution in [3.63, 3.8) is 0 Å². The van der Waals surface area contributed by atoms with Gasteiger partial charge < -0.3 is 67.1 Å². The zero-order valence-electron chi connectivity index (χ0n) is 34.8. The van der Waals surface area contributed by atoms with E-state index in [-0.39, 0.29) is 12.3 Å². The molecule has 0 saturated heterocycles. The molecule has 11 atom stereocenters. The van der Waals surface area contributed by atoms with Gasteiger partial charge >= 0.3 is 19.9 Å². The molecular weight excluding hydrogens is 817 g/mol. The van der Waals surface area contributed by atoms with E-state index in [0.29, 0.717) is 6.42 Å². The quantitative estimate of drug-likeness (QED) is 0.0807. The summed E-state index contributed by atoms with van der Waals surface area (Å²) in [4.78, 5) is 125. The fourth-order valence-corrected chi connectivity index (χ4v) is 6.33. The molecular formula is C36H60N7O16P.